The molecule has 0 radical (unpaired) electrons. The molecular weight excluding hydrogens is 172 g/mol. The molecule has 0 atom stereocenters. The van der Waals surface area contributed by atoms with Crippen molar-refractivity contribution in [2.45, 2.75) is 6.42 Å². The minimum absolute atomic E-state index is 0.000880. The molecule has 0 bridgehead atoms. The minimum Gasteiger partial charge on any atom is -0.325 e. The van der Waals surface area contributed by atoms with Gasteiger partial charge in [-0.1, -0.05) is 0 Å². The Balaban J connectivity index is 2.45. The number of nitro benzene ring substituents is 1. The molecule has 5 nitrogen and oxygen atoms in total. The number of amides is 1. The maximum Gasteiger partial charge on any atom is 0.271 e. The van der Waals surface area contributed by atoms with E-state index in [1.807, 2.05) is 0 Å². The van der Waals surface area contributed by atoms with Crippen LogP contribution >= 0.6 is 0 Å². The summed E-state index contributed by atoms with van der Waals surface area (Å²) >= 11 is 0. The Bertz CT molecular complexity index is 400. The average molecular weight is 178 g/mol. The number of nitrogens with one attached hydrogen (secondary N) is 1. The molecule has 0 fully saturated rings. The number of benzene rings is 1. The standard InChI is InChI=1S/C8H6N2O3/c11-8-3-5-1-2-6(10(12)13)4-7(5)9-8/h1-2,4H,3H2,(H,9,11). The molecular formula is C8H6N2O3. The molecule has 1 aliphatic heterocycles. The van der Waals surface area contributed by atoms with Crippen LogP contribution in [0.25, 0.3) is 0 Å². The highest BCUT2D eigenvalue weighted by Crippen LogP contribution is 2.26. The molecule has 2 rings (SSSR count). The number of fused-ring (bicyclic) bond motifs is 1. The lowest BCUT2D eigenvalue weighted by molar-refractivity contribution is -0.384. The van der Waals surface area contributed by atoms with Gasteiger partial charge in [0.2, 0.25) is 5.91 Å². The van der Waals surface area contributed by atoms with Gasteiger partial charge in [-0.15, -0.1) is 0 Å². The lowest BCUT2D eigenvalue weighted by Crippen LogP contribution is -2.03. The van der Waals surface area contributed by atoms with E-state index in [0.717, 1.165) is 5.56 Å². The Morgan fingerprint density at radius 2 is 2.23 bits per heavy atom. The molecule has 1 aliphatic rings. The van der Waals surface area contributed by atoms with Gasteiger partial charge in [-0.2, -0.15) is 0 Å². The molecule has 13 heavy (non-hydrogen) atoms. The van der Waals surface area contributed by atoms with Crippen molar-refractivity contribution in [2.24, 2.45) is 0 Å². The largest absolute Gasteiger partial charge is 0.325 e. The van der Waals surface area contributed by atoms with Crippen molar-refractivity contribution < 1.29 is 9.72 Å². The number of nitro groups is 1. The molecule has 0 saturated heterocycles. The van der Waals surface area contributed by atoms with Crippen LogP contribution in [0.1, 0.15) is 5.56 Å². The van der Waals surface area contributed by atoms with Crippen molar-refractivity contribution in [3.63, 3.8) is 0 Å². The number of nitrogens with zero attached hydrogens (tertiary/aromatic N) is 1. The second kappa shape index (κ2) is 2.55. The molecule has 5 heteroatoms. The first-order valence-electron chi connectivity index (χ1n) is 3.74. The van der Waals surface area contributed by atoms with Crippen LogP contribution in [0.2, 0.25) is 0 Å². The summed E-state index contributed by atoms with van der Waals surface area (Å²) in [6.07, 6.45) is 0.313. The van der Waals surface area contributed by atoms with Gasteiger partial charge in [-0.05, 0) is 11.6 Å². The first-order chi connectivity index (χ1) is 6.16. The van der Waals surface area contributed by atoms with Crippen LogP contribution < -0.4 is 5.32 Å². The fourth-order valence-electron chi connectivity index (χ4n) is 1.32. The van der Waals surface area contributed by atoms with Crippen molar-refractivity contribution in [1.82, 2.24) is 0 Å². The quantitative estimate of drug-likeness (QED) is 0.516. The summed E-state index contributed by atoms with van der Waals surface area (Å²) < 4.78 is 0. The first kappa shape index (κ1) is 7.72. The maximum atomic E-state index is 10.9. The normalized spacial score (nSPS) is 13.7. The average Bonchev–Trinajstić information content (AvgIpc) is 2.42. The highest BCUT2D eigenvalue weighted by atomic mass is 16.6. The number of non-ortho nitro benzene ring substituents is 1. The second-order valence-electron chi connectivity index (χ2n) is 2.82. The molecule has 0 aromatic heterocycles. The Morgan fingerprint density at radius 3 is 2.92 bits per heavy atom. The third kappa shape index (κ3) is 1.24. The molecule has 0 saturated carbocycles. The van der Waals surface area contributed by atoms with E-state index < -0.39 is 4.92 Å². The van der Waals surface area contributed by atoms with E-state index in [0.29, 0.717) is 12.1 Å². The van der Waals surface area contributed by atoms with Crippen molar-refractivity contribution in [3.05, 3.63) is 33.9 Å². The number of carbonyl (C=O) groups excluding carboxylic acids is 1. The van der Waals surface area contributed by atoms with E-state index in [1.165, 1.54) is 12.1 Å². The predicted molar refractivity (Wildman–Crippen MR) is 45.4 cm³/mol. The molecule has 1 aromatic rings. The summed E-state index contributed by atoms with van der Waals surface area (Å²) in [6, 6.07) is 4.38. The number of hydrogen-bond donors (Lipinski definition) is 1. The van der Waals surface area contributed by atoms with Crippen molar-refractivity contribution in [2.75, 3.05) is 5.32 Å². The predicted octanol–water partition coefficient (Wildman–Crippen LogP) is 1.09. The zero-order valence-corrected chi connectivity index (χ0v) is 6.61. The van der Waals surface area contributed by atoms with Gasteiger partial charge < -0.3 is 5.32 Å². The first-order valence-corrected chi connectivity index (χ1v) is 3.74. The summed E-state index contributed by atoms with van der Waals surface area (Å²) in [5, 5.41) is 12.9. The van der Waals surface area contributed by atoms with Crippen LogP contribution in [0.3, 0.4) is 0 Å². The minimum atomic E-state index is -0.481. The highest BCUT2D eigenvalue weighted by Gasteiger charge is 2.19. The Kier molecular flexibility index (Phi) is 1.51. The second-order valence-corrected chi connectivity index (χ2v) is 2.82. The fraction of sp³-hybridized carbons (Fsp3) is 0.125. The van der Waals surface area contributed by atoms with Gasteiger partial charge in [0.25, 0.3) is 5.69 Å². The molecule has 0 spiro atoms. The molecule has 0 unspecified atom stereocenters. The van der Waals surface area contributed by atoms with E-state index in [1.54, 1.807) is 6.07 Å². The zero-order valence-electron chi connectivity index (χ0n) is 6.61. The molecule has 1 amide bonds. The topological polar surface area (TPSA) is 72.2 Å². The number of rotatable bonds is 1. The van der Waals surface area contributed by atoms with E-state index in [-0.39, 0.29) is 11.6 Å². The third-order valence-electron chi connectivity index (χ3n) is 1.93. The molecule has 66 valence electrons. The highest BCUT2D eigenvalue weighted by molar-refractivity contribution is 5.99. The van der Waals surface area contributed by atoms with E-state index in [2.05, 4.69) is 5.32 Å². The van der Waals surface area contributed by atoms with Crippen molar-refractivity contribution in [1.29, 1.82) is 0 Å². The van der Waals surface area contributed by atoms with Gasteiger partial charge in [-0.3, -0.25) is 14.9 Å². The Labute approximate surface area is 73.5 Å². The number of carbonyl (C=O) groups is 1. The van der Waals surface area contributed by atoms with Crippen LogP contribution in [0.15, 0.2) is 18.2 Å². The summed E-state index contributed by atoms with van der Waals surface area (Å²) in [4.78, 5) is 20.8. The molecule has 1 heterocycles. The summed E-state index contributed by atoms with van der Waals surface area (Å²) in [6.45, 7) is 0. The molecule has 0 aliphatic carbocycles. The van der Waals surface area contributed by atoms with Gasteiger partial charge in [0.05, 0.1) is 17.0 Å². The van der Waals surface area contributed by atoms with E-state index in [9.17, 15) is 14.9 Å². The summed E-state index contributed by atoms with van der Waals surface area (Å²) in [5.74, 6) is -0.115. The lowest BCUT2D eigenvalue weighted by atomic mass is 10.1. The van der Waals surface area contributed by atoms with Gasteiger partial charge in [0.1, 0.15) is 0 Å². The summed E-state index contributed by atoms with van der Waals surface area (Å²) in [7, 11) is 0. The maximum absolute atomic E-state index is 10.9. The van der Waals surface area contributed by atoms with Crippen LogP contribution in [-0.4, -0.2) is 10.8 Å². The van der Waals surface area contributed by atoms with Gasteiger partial charge >= 0.3 is 0 Å². The van der Waals surface area contributed by atoms with E-state index >= 15 is 0 Å². The van der Waals surface area contributed by atoms with Gasteiger partial charge in [-0.25, -0.2) is 0 Å². The van der Waals surface area contributed by atoms with Crippen LogP contribution in [-0.2, 0) is 11.2 Å². The van der Waals surface area contributed by atoms with Crippen molar-refractivity contribution in [3.8, 4) is 0 Å². The Morgan fingerprint density at radius 1 is 1.46 bits per heavy atom. The SMILES string of the molecule is O=C1Cc2ccc([N+](=O)[O-])cc2N1. The zero-order chi connectivity index (χ0) is 9.42. The smallest absolute Gasteiger partial charge is 0.271 e. The Hall–Kier alpha value is -1.91. The lowest BCUT2D eigenvalue weighted by Gasteiger charge is -1.96. The van der Waals surface area contributed by atoms with Crippen LogP contribution in [0.5, 0.6) is 0 Å². The van der Waals surface area contributed by atoms with Crippen molar-refractivity contribution >= 4 is 17.3 Å². The van der Waals surface area contributed by atoms with E-state index in [4.69, 9.17) is 0 Å². The van der Waals surface area contributed by atoms with Gasteiger partial charge in [0.15, 0.2) is 0 Å². The monoisotopic (exact) mass is 178 g/mol. The molecule has 1 aromatic carbocycles. The fourth-order valence-corrected chi connectivity index (χ4v) is 1.32. The van der Waals surface area contributed by atoms with Crippen LogP contribution in [0.4, 0.5) is 11.4 Å². The van der Waals surface area contributed by atoms with Crippen LogP contribution in [0, 0.1) is 10.1 Å². The number of anilines is 1. The number of hydrogen-bond acceptors (Lipinski definition) is 3. The molecule has 1 N–H and O–H groups in total. The van der Waals surface area contributed by atoms with Gasteiger partial charge in [0, 0.05) is 12.1 Å². The summed E-state index contributed by atoms with van der Waals surface area (Å²) in [5.41, 5.74) is 1.37. The third-order valence-corrected chi connectivity index (χ3v) is 1.93.